The molecular formula is C17H23ClN6O2. The molecule has 1 saturated heterocycles. The number of nitrogens with one attached hydrogen (secondary N) is 1. The molecule has 2 aliphatic heterocycles. The van der Waals surface area contributed by atoms with Gasteiger partial charge in [-0.25, -0.2) is 0 Å². The topological polar surface area (TPSA) is 89.1 Å². The molecule has 1 fully saturated rings. The molecule has 9 heteroatoms. The maximum Gasteiger partial charge on any atom is 0.269 e. The van der Waals surface area contributed by atoms with Crippen LogP contribution in [-0.2, 0) is 19.6 Å². The molecule has 8 nitrogen and oxygen atoms in total. The van der Waals surface area contributed by atoms with Gasteiger partial charge in [0.2, 0.25) is 0 Å². The number of likely N-dealkylation sites (tertiary alicyclic amines) is 1. The van der Waals surface area contributed by atoms with E-state index in [1.807, 2.05) is 6.07 Å². The Balaban J connectivity index is 0.00000196. The number of benzene rings is 1. The monoisotopic (exact) mass is 378 g/mol. The van der Waals surface area contributed by atoms with Gasteiger partial charge in [-0.3, -0.25) is 15.0 Å². The maximum absolute atomic E-state index is 10.9. The summed E-state index contributed by atoms with van der Waals surface area (Å²) < 4.78 is 2.28. The highest BCUT2D eigenvalue weighted by molar-refractivity contribution is 5.85. The Bertz CT molecular complexity index is 772. The average Bonchev–Trinajstić information content (AvgIpc) is 3.07. The molecule has 0 spiro atoms. The Hall–Kier alpha value is -2.03. The molecule has 0 saturated carbocycles. The number of aromatic nitrogens is 3. The van der Waals surface area contributed by atoms with Crippen LogP contribution in [0.5, 0.6) is 0 Å². The standard InChI is InChI=1S/C17H22N6O2.ClH/c24-23(25)15-3-1-2-13(10-15)12-21-7-4-14(5-8-21)17-20-19-16-11-18-6-9-22(16)17;/h1-3,10,14,18H,4-9,11-12H2;1H. The van der Waals surface area contributed by atoms with Gasteiger partial charge in [-0.15, -0.1) is 22.6 Å². The molecule has 0 aliphatic carbocycles. The van der Waals surface area contributed by atoms with Crippen molar-refractivity contribution in [3.8, 4) is 0 Å². The van der Waals surface area contributed by atoms with Gasteiger partial charge >= 0.3 is 0 Å². The number of halogens is 1. The summed E-state index contributed by atoms with van der Waals surface area (Å²) in [6.45, 7) is 5.45. The first-order chi connectivity index (χ1) is 12.2. The first-order valence-corrected chi connectivity index (χ1v) is 8.79. The van der Waals surface area contributed by atoms with Gasteiger partial charge in [-0.1, -0.05) is 12.1 Å². The lowest BCUT2D eigenvalue weighted by Gasteiger charge is -2.32. The van der Waals surface area contributed by atoms with E-state index in [-0.39, 0.29) is 23.0 Å². The van der Waals surface area contributed by atoms with E-state index in [4.69, 9.17) is 0 Å². The van der Waals surface area contributed by atoms with Crippen LogP contribution in [0.4, 0.5) is 5.69 Å². The Labute approximate surface area is 158 Å². The van der Waals surface area contributed by atoms with Gasteiger partial charge in [0.05, 0.1) is 11.5 Å². The van der Waals surface area contributed by atoms with Crippen molar-refractivity contribution in [2.45, 2.75) is 38.4 Å². The zero-order chi connectivity index (χ0) is 17.2. The maximum atomic E-state index is 10.9. The summed E-state index contributed by atoms with van der Waals surface area (Å²) >= 11 is 0. The molecular weight excluding hydrogens is 356 g/mol. The van der Waals surface area contributed by atoms with Crippen LogP contribution in [0.1, 0.15) is 36.0 Å². The van der Waals surface area contributed by atoms with E-state index in [9.17, 15) is 10.1 Å². The predicted octanol–water partition coefficient (Wildman–Crippen LogP) is 2.09. The van der Waals surface area contributed by atoms with Gasteiger partial charge in [0.15, 0.2) is 0 Å². The number of piperidine rings is 1. The van der Waals surface area contributed by atoms with Crippen LogP contribution in [0.2, 0.25) is 0 Å². The summed E-state index contributed by atoms with van der Waals surface area (Å²) in [5.74, 6) is 2.63. The van der Waals surface area contributed by atoms with Crippen molar-refractivity contribution in [1.82, 2.24) is 25.0 Å². The average molecular weight is 379 g/mol. The Kier molecular flexibility index (Phi) is 5.85. The lowest BCUT2D eigenvalue weighted by atomic mass is 9.95. The minimum absolute atomic E-state index is 0. The van der Waals surface area contributed by atoms with E-state index in [0.29, 0.717) is 5.92 Å². The minimum Gasteiger partial charge on any atom is -0.312 e. The highest BCUT2D eigenvalue weighted by atomic mass is 35.5. The number of rotatable bonds is 4. The minimum atomic E-state index is -0.334. The molecule has 0 amide bonds. The Morgan fingerprint density at radius 3 is 2.81 bits per heavy atom. The number of non-ortho nitro benzene ring substituents is 1. The Morgan fingerprint density at radius 1 is 1.23 bits per heavy atom. The largest absolute Gasteiger partial charge is 0.312 e. The van der Waals surface area contributed by atoms with E-state index < -0.39 is 0 Å². The van der Waals surface area contributed by atoms with E-state index in [2.05, 4.69) is 25.0 Å². The van der Waals surface area contributed by atoms with Crippen LogP contribution in [-0.4, -0.2) is 44.2 Å². The number of fused-ring (bicyclic) bond motifs is 1. The number of nitro benzene ring substituents is 1. The number of hydrogen-bond acceptors (Lipinski definition) is 6. The predicted molar refractivity (Wildman–Crippen MR) is 99.3 cm³/mol. The van der Waals surface area contributed by atoms with Gasteiger partial charge in [0.25, 0.3) is 5.69 Å². The quantitative estimate of drug-likeness (QED) is 0.647. The van der Waals surface area contributed by atoms with Crippen LogP contribution in [0.3, 0.4) is 0 Å². The fraction of sp³-hybridized carbons (Fsp3) is 0.529. The molecule has 0 bridgehead atoms. The van der Waals surface area contributed by atoms with Crippen LogP contribution < -0.4 is 5.32 Å². The van der Waals surface area contributed by atoms with E-state index >= 15 is 0 Å². The highest BCUT2D eigenvalue weighted by Gasteiger charge is 2.27. The zero-order valence-corrected chi connectivity index (χ0v) is 15.3. The molecule has 4 rings (SSSR count). The Morgan fingerprint density at radius 2 is 2.04 bits per heavy atom. The number of nitrogens with zero attached hydrogens (tertiary/aromatic N) is 5. The summed E-state index contributed by atoms with van der Waals surface area (Å²) in [5.41, 5.74) is 1.16. The SMILES string of the molecule is Cl.O=[N+]([O-])c1cccc(CN2CCC(c3nnc4n3CCNC4)CC2)c1. The van der Waals surface area contributed by atoms with Crippen LogP contribution >= 0.6 is 12.4 Å². The van der Waals surface area contributed by atoms with Crippen LogP contribution in [0.15, 0.2) is 24.3 Å². The first kappa shape index (κ1) is 18.8. The van der Waals surface area contributed by atoms with Crippen LogP contribution in [0, 0.1) is 10.1 Å². The van der Waals surface area contributed by atoms with Crippen molar-refractivity contribution < 1.29 is 4.92 Å². The van der Waals surface area contributed by atoms with E-state index in [1.54, 1.807) is 18.2 Å². The summed E-state index contributed by atoms with van der Waals surface area (Å²) in [6, 6.07) is 6.94. The molecule has 1 N–H and O–H groups in total. The third-order valence-electron chi connectivity index (χ3n) is 5.13. The van der Waals surface area contributed by atoms with Gasteiger partial charge in [-0.2, -0.15) is 0 Å². The second-order valence-electron chi connectivity index (χ2n) is 6.78. The molecule has 26 heavy (non-hydrogen) atoms. The molecule has 140 valence electrons. The highest BCUT2D eigenvalue weighted by Crippen LogP contribution is 2.28. The van der Waals surface area contributed by atoms with Crippen molar-refractivity contribution in [2.75, 3.05) is 19.6 Å². The number of hydrogen-bond donors (Lipinski definition) is 1. The smallest absolute Gasteiger partial charge is 0.269 e. The normalized spacial score (nSPS) is 18.2. The second kappa shape index (κ2) is 8.11. The van der Waals surface area contributed by atoms with Gasteiger partial charge in [-0.05, 0) is 31.5 Å². The molecule has 0 atom stereocenters. The summed E-state index contributed by atoms with van der Waals surface area (Å²) in [6.07, 6.45) is 2.11. The third kappa shape index (κ3) is 3.87. The summed E-state index contributed by atoms with van der Waals surface area (Å²) in [7, 11) is 0. The summed E-state index contributed by atoms with van der Waals surface area (Å²) in [5, 5.41) is 23.0. The molecule has 0 radical (unpaired) electrons. The molecule has 2 aliphatic rings. The number of nitro groups is 1. The molecule has 1 aromatic carbocycles. The van der Waals surface area contributed by atoms with Crippen molar-refractivity contribution in [3.63, 3.8) is 0 Å². The van der Waals surface area contributed by atoms with Gasteiger partial charge in [0.1, 0.15) is 11.6 Å². The van der Waals surface area contributed by atoms with Crippen molar-refractivity contribution >= 4 is 18.1 Å². The molecule has 1 aromatic heterocycles. The van der Waals surface area contributed by atoms with Gasteiger partial charge in [0, 0.05) is 37.7 Å². The van der Waals surface area contributed by atoms with Crippen LogP contribution in [0.25, 0.3) is 0 Å². The molecule has 2 aromatic rings. The lowest BCUT2D eigenvalue weighted by Crippen LogP contribution is -2.34. The summed E-state index contributed by atoms with van der Waals surface area (Å²) in [4.78, 5) is 12.9. The fourth-order valence-corrected chi connectivity index (χ4v) is 3.79. The van der Waals surface area contributed by atoms with E-state index in [0.717, 1.165) is 69.3 Å². The van der Waals surface area contributed by atoms with Gasteiger partial charge < -0.3 is 9.88 Å². The van der Waals surface area contributed by atoms with Crippen molar-refractivity contribution in [2.24, 2.45) is 0 Å². The second-order valence-corrected chi connectivity index (χ2v) is 6.78. The lowest BCUT2D eigenvalue weighted by molar-refractivity contribution is -0.384. The first-order valence-electron chi connectivity index (χ1n) is 8.79. The third-order valence-corrected chi connectivity index (χ3v) is 5.13. The molecule has 0 unspecified atom stereocenters. The fourth-order valence-electron chi connectivity index (χ4n) is 3.79. The zero-order valence-electron chi connectivity index (χ0n) is 14.5. The molecule has 3 heterocycles. The van der Waals surface area contributed by atoms with Crippen molar-refractivity contribution in [1.29, 1.82) is 0 Å². The van der Waals surface area contributed by atoms with E-state index in [1.165, 1.54) is 0 Å². The van der Waals surface area contributed by atoms with Crippen molar-refractivity contribution in [3.05, 3.63) is 51.6 Å².